The van der Waals surface area contributed by atoms with Crippen LogP contribution in [-0.2, 0) is 0 Å². The SMILES string of the molecule is COc1cc(C)cc(C)c1NC(=O)c1ccc(=O)[nH]n1. The number of carbonyl (C=O) groups excluding carboxylic acids is 1. The van der Waals surface area contributed by atoms with Crippen LogP contribution in [0.2, 0.25) is 0 Å². The van der Waals surface area contributed by atoms with Crippen molar-refractivity contribution in [1.82, 2.24) is 10.2 Å². The van der Waals surface area contributed by atoms with Crippen LogP contribution in [0.4, 0.5) is 5.69 Å². The summed E-state index contributed by atoms with van der Waals surface area (Å²) >= 11 is 0. The minimum Gasteiger partial charge on any atom is -0.495 e. The zero-order valence-corrected chi connectivity index (χ0v) is 11.5. The molecule has 2 aromatic rings. The summed E-state index contributed by atoms with van der Waals surface area (Å²) in [6.07, 6.45) is 0. The number of anilines is 1. The Morgan fingerprint density at radius 1 is 1.30 bits per heavy atom. The molecule has 0 aliphatic heterocycles. The average molecular weight is 273 g/mol. The fraction of sp³-hybridized carbons (Fsp3) is 0.214. The summed E-state index contributed by atoms with van der Waals surface area (Å²) < 4.78 is 5.27. The number of methoxy groups -OCH3 is 1. The number of nitrogens with zero attached hydrogens (tertiary/aromatic N) is 1. The first kappa shape index (κ1) is 13.8. The fourth-order valence-corrected chi connectivity index (χ4v) is 1.90. The van der Waals surface area contributed by atoms with E-state index in [9.17, 15) is 9.59 Å². The van der Waals surface area contributed by atoms with E-state index in [-0.39, 0.29) is 11.3 Å². The van der Waals surface area contributed by atoms with Gasteiger partial charge in [0.15, 0.2) is 0 Å². The van der Waals surface area contributed by atoms with Gasteiger partial charge in [-0.05, 0) is 37.1 Å². The normalized spacial score (nSPS) is 10.2. The summed E-state index contributed by atoms with van der Waals surface area (Å²) in [6, 6.07) is 6.40. The number of nitrogens with one attached hydrogen (secondary N) is 2. The van der Waals surface area contributed by atoms with Crippen LogP contribution in [0.1, 0.15) is 21.6 Å². The van der Waals surface area contributed by atoms with E-state index >= 15 is 0 Å². The molecule has 0 fully saturated rings. The Kier molecular flexibility index (Phi) is 3.84. The van der Waals surface area contributed by atoms with Gasteiger partial charge in [0.1, 0.15) is 11.4 Å². The number of aryl methyl sites for hydroxylation is 2. The summed E-state index contributed by atoms with van der Waals surface area (Å²) in [7, 11) is 1.54. The van der Waals surface area contributed by atoms with Crippen molar-refractivity contribution in [2.45, 2.75) is 13.8 Å². The maximum Gasteiger partial charge on any atom is 0.276 e. The third-order valence-electron chi connectivity index (χ3n) is 2.81. The molecule has 2 rings (SSSR count). The molecule has 1 aromatic heterocycles. The van der Waals surface area contributed by atoms with Gasteiger partial charge in [0, 0.05) is 6.07 Å². The molecule has 2 N–H and O–H groups in total. The van der Waals surface area contributed by atoms with Gasteiger partial charge in [-0.25, -0.2) is 5.10 Å². The molecule has 0 aliphatic rings. The van der Waals surface area contributed by atoms with E-state index in [4.69, 9.17) is 4.74 Å². The predicted octanol–water partition coefficient (Wildman–Crippen LogP) is 1.65. The second-order valence-electron chi connectivity index (χ2n) is 4.42. The molecule has 104 valence electrons. The zero-order valence-electron chi connectivity index (χ0n) is 11.5. The van der Waals surface area contributed by atoms with Gasteiger partial charge in [-0.15, -0.1) is 0 Å². The number of aromatic amines is 1. The molecule has 0 aliphatic carbocycles. The molecule has 0 saturated carbocycles. The van der Waals surface area contributed by atoms with Crippen LogP contribution < -0.4 is 15.6 Å². The highest BCUT2D eigenvalue weighted by atomic mass is 16.5. The first-order chi connectivity index (χ1) is 9.51. The first-order valence-corrected chi connectivity index (χ1v) is 6.03. The van der Waals surface area contributed by atoms with Crippen LogP contribution in [0.5, 0.6) is 5.75 Å². The third kappa shape index (κ3) is 2.85. The molecule has 0 spiro atoms. The van der Waals surface area contributed by atoms with Gasteiger partial charge in [0.05, 0.1) is 12.8 Å². The molecular formula is C14H15N3O3. The number of carbonyl (C=O) groups is 1. The molecule has 0 bridgehead atoms. The highest BCUT2D eigenvalue weighted by Crippen LogP contribution is 2.29. The van der Waals surface area contributed by atoms with Crippen LogP contribution in [0.15, 0.2) is 29.1 Å². The molecule has 6 nitrogen and oxygen atoms in total. The van der Waals surface area contributed by atoms with Gasteiger partial charge < -0.3 is 10.1 Å². The zero-order chi connectivity index (χ0) is 14.7. The third-order valence-corrected chi connectivity index (χ3v) is 2.81. The smallest absolute Gasteiger partial charge is 0.276 e. The van der Waals surface area contributed by atoms with E-state index in [1.165, 1.54) is 12.1 Å². The van der Waals surface area contributed by atoms with Crippen molar-refractivity contribution in [1.29, 1.82) is 0 Å². The standard InChI is InChI=1S/C14H15N3O3/c1-8-6-9(2)13(11(7-8)20-3)15-14(19)10-4-5-12(18)17-16-10/h4-7H,1-3H3,(H,15,19)(H,17,18). The molecule has 0 unspecified atom stereocenters. The number of H-pyrrole nitrogens is 1. The van der Waals surface area contributed by atoms with Gasteiger partial charge in [-0.3, -0.25) is 9.59 Å². The number of amides is 1. The maximum absolute atomic E-state index is 12.1. The summed E-state index contributed by atoms with van der Waals surface area (Å²) in [5.41, 5.74) is 2.30. The number of benzene rings is 1. The Labute approximate surface area is 115 Å². The molecule has 1 amide bonds. The summed E-state index contributed by atoms with van der Waals surface area (Å²) in [5.74, 6) is 0.173. The van der Waals surface area contributed by atoms with Crippen molar-refractivity contribution in [3.63, 3.8) is 0 Å². The predicted molar refractivity (Wildman–Crippen MR) is 75.3 cm³/mol. The van der Waals surface area contributed by atoms with E-state index < -0.39 is 5.91 Å². The fourth-order valence-electron chi connectivity index (χ4n) is 1.90. The Morgan fingerprint density at radius 3 is 2.65 bits per heavy atom. The lowest BCUT2D eigenvalue weighted by Crippen LogP contribution is -2.18. The van der Waals surface area contributed by atoms with Gasteiger partial charge >= 0.3 is 0 Å². The Morgan fingerprint density at radius 2 is 2.05 bits per heavy atom. The van der Waals surface area contributed by atoms with Crippen molar-refractivity contribution < 1.29 is 9.53 Å². The maximum atomic E-state index is 12.1. The highest BCUT2D eigenvalue weighted by Gasteiger charge is 2.13. The van der Waals surface area contributed by atoms with Crippen LogP contribution in [-0.4, -0.2) is 23.2 Å². The van der Waals surface area contributed by atoms with Crippen LogP contribution in [0, 0.1) is 13.8 Å². The lowest BCUT2D eigenvalue weighted by molar-refractivity contribution is 0.102. The molecule has 1 aromatic carbocycles. The topological polar surface area (TPSA) is 84.1 Å². The van der Waals surface area contributed by atoms with Crippen molar-refractivity contribution in [3.05, 3.63) is 51.4 Å². The minimum atomic E-state index is -0.411. The summed E-state index contributed by atoms with van der Waals surface area (Å²) in [6.45, 7) is 3.83. The Bertz CT molecular complexity index is 687. The van der Waals surface area contributed by atoms with Crippen molar-refractivity contribution in [2.75, 3.05) is 12.4 Å². The van der Waals surface area contributed by atoms with Gasteiger partial charge in [0.25, 0.3) is 11.5 Å². The summed E-state index contributed by atoms with van der Waals surface area (Å²) in [5, 5.41) is 8.65. The van der Waals surface area contributed by atoms with Crippen LogP contribution in [0.3, 0.4) is 0 Å². The van der Waals surface area contributed by atoms with E-state index in [0.717, 1.165) is 11.1 Å². The Hall–Kier alpha value is -2.63. The molecule has 0 atom stereocenters. The minimum absolute atomic E-state index is 0.131. The highest BCUT2D eigenvalue weighted by molar-refractivity contribution is 6.04. The number of rotatable bonds is 3. The van der Waals surface area contributed by atoms with Crippen molar-refractivity contribution in [3.8, 4) is 5.75 Å². The monoisotopic (exact) mass is 273 g/mol. The van der Waals surface area contributed by atoms with E-state index in [0.29, 0.717) is 11.4 Å². The van der Waals surface area contributed by atoms with Crippen molar-refractivity contribution >= 4 is 11.6 Å². The van der Waals surface area contributed by atoms with Crippen LogP contribution >= 0.6 is 0 Å². The lowest BCUT2D eigenvalue weighted by atomic mass is 10.1. The lowest BCUT2D eigenvalue weighted by Gasteiger charge is -2.13. The second kappa shape index (κ2) is 5.56. The molecule has 20 heavy (non-hydrogen) atoms. The van der Waals surface area contributed by atoms with Gasteiger partial charge in [0.2, 0.25) is 0 Å². The van der Waals surface area contributed by atoms with E-state index in [1.54, 1.807) is 7.11 Å². The molecule has 0 saturated heterocycles. The van der Waals surface area contributed by atoms with Gasteiger partial charge in [-0.2, -0.15) is 5.10 Å². The molecular weight excluding hydrogens is 258 g/mol. The van der Waals surface area contributed by atoms with E-state index in [1.807, 2.05) is 26.0 Å². The first-order valence-electron chi connectivity index (χ1n) is 6.03. The molecule has 0 radical (unpaired) electrons. The molecule has 1 heterocycles. The van der Waals surface area contributed by atoms with Crippen LogP contribution in [0.25, 0.3) is 0 Å². The average Bonchev–Trinajstić information content (AvgIpc) is 2.42. The largest absolute Gasteiger partial charge is 0.495 e. The number of aromatic nitrogens is 2. The van der Waals surface area contributed by atoms with Gasteiger partial charge in [-0.1, -0.05) is 6.07 Å². The van der Waals surface area contributed by atoms with Crippen molar-refractivity contribution in [2.24, 2.45) is 0 Å². The number of ether oxygens (including phenoxy) is 1. The molecule has 6 heteroatoms. The number of hydrogen-bond acceptors (Lipinski definition) is 4. The van der Waals surface area contributed by atoms with E-state index in [2.05, 4.69) is 15.5 Å². The second-order valence-corrected chi connectivity index (χ2v) is 4.42. The number of hydrogen-bond donors (Lipinski definition) is 2. The quantitative estimate of drug-likeness (QED) is 0.890. The Balaban J connectivity index is 2.32. The summed E-state index contributed by atoms with van der Waals surface area (Å²) in [4.78, 5) is 23.0.